The molecule has 0 saturated carbocycles. The van der Waals surface area contributed by atoms with Gasteiger partial charge in [0.05, 0.1) is 0 Å². The zero-order chi connectivity index (χ0) is 23.4. The summed E-state index contributed by atoms with van der Waals surface area (Å²) in [5.74, 6) is 6.78. The van der Waals surface area contributed by atoms with Crippen LogP contribution in [0.2, 0.25) is 10.3 Å². The monoisotopic (exact) mass is 524 g/mol. The summed E-state index contributed by atoms with van der Waals surface area (Å²) >= 11 is 6.54. The quantitative estimate of drug-likeness (QED) is 0.132. The molecule has 4 rings (SSSR count). The van der Waals surface area contributed by atoms with Crippen LogP contribution in [-0.4, -0.2) is 15.0 Å². The van der Waals surface area contributed by atoms with Crippen LogP contribution < -0.4 is 4.46 Å². The molecule has 0 atom stereocenters. The molecule has 4 aromatic carbocycles. The Bertz CT molecular complexity index is 1290. The second kappa shape index (κ2) is 12.8. The van der Waals surface area contributed by atoms with Crippen LogP contribution in [0.25, 0.3) is 11.6 Å². The first-order valence-corrected chi connectivity index (χ1v) is 13.7. The van der Waals surface area contributed by atoms with Gasteiger partial charge in [0.2, 0.25) is 0 Å². The van der Waals surface area contributed by atoms with Crippen molar-refractivity contribution < 1.29 is 0 Å². The van der Waals surface area contributed by atoms with Crippen molar-refractivity contribution in [3.05, 3.63) is 149 Å². The summed E-state index contributed by atoms with van der Waals surface area (Å²) in [4.78, 5) is 0. The van der Waals surface area contributed by atoms with Gasteiger partial charge >= 0.3 is 215 Å². The fourth-order valence-corrected chi connectivity index (χ4v) is 5.48. The molecule has 0 fully saturated rings. The molecule has 2 heteroatoms. The number of hydrogen-bond donors (Lipinski definition) is 0. The average molecular weight is 524 g/mol. The van der Waals surface area contributed by atoms with Gasteiger partial charge in [-0.15, -0.1) is 0 Å². The number of benzene rings is 4. The molecule has 0 amide bonds. The van der Waals surface area contributed by atoms with Crippen LogP contribution in [0.5, 0.6) is 0 Å². The summed E-state index contributed by atoms with van der Waals surface area (Å²) in [5.41, 5.74) is 5.57. The van der Waals surface area contributed by atoms with Gasteiger partial charge in [-0.1, -0.05) is 0 Å². The Morgan fingerprint density at radius 3 is 2.03 bits per heavy atom. The van der Waals surface area contributed by atoms with E-state index in [0.717, 1.165) is 39.0 Å². The second-order valence-electron chi connectivity index (χ2n) is 7.72. The zero-order valence-electron chi connectivity index (χ0n) is 18.8. The number of rotatable bonds is 7. The van der Waals surface area contributed by atoms with Crippen LogP contribution in [0.15, 0.2) is 127 Å². The third kappa shape index (κ3) is 7.65. The molecule has 0 aromatic heterocycles. The molecule has 0 bridgehead atoms. The molecule has 0 saturated heterocycles. The van der Waals surface area contributed by atoms with Crippen molar-refractivity contribution >= 4 is 42.7 Å². The minimum atomic E-state index is 0.427. The first-order chi connectivity index (χ1) is 16.8. The van der Waals surface area contributed by atoms with E-state index in [1.54, 1.807) is 0 Å². The van der Waals surface area contributed by atoms with Gasteiger partial charge < -0.3 is 0 Å². The number of halogens is 1. The van der Waals surface area contributed by atoms with Crippen LogP contribution in [-0.2, 0) is 0 Å². The molecule has 0 nitrogen and oxygen atoms in total. The third-order valence-electron chi connectivity index (χ3n) is 5.15. The van der Waals surface area contributed by atoms with Gasteiger partial charge in [0.25, 0.3) is 0 Å². The Morgan fingerprint density at radius 1 is 0.735 bits per heavy atom. The zero-order valence-corrected chi connectivity index (χ0v) is 21.3. The van der Waals surface area contributed by atoms with E-state index in [-0.39, 0.29) is 0 Å². The molecular formula is C32H25ClSe. The molecule has 0 unspecified atom stereocenters. The molecule has 4 aromatic rings. The Morgan fingerprint density at radius 2 is 1.35 bits per heavy atom. The van der Waals surface area contributed by atoms with E-state index in [0.29, 0.717) is 15.0 Å². The predicted molar refractivity (Wildman–Crippen MR) is 148 cm³/mol. The van der Waals surface area contributed by atoms with Gasteiger partial charge in [0.1, 0.15) is 0 Å². The molecule has 0 N–H and O–H groups in total. The molecular weight excluding hydrogens is 499 g/mol. The second-order valence-corrected chi connectivity index (χ2v) is 10.6. The van der Waals surface area contributed by atoms with E-state index in [4.69, 9.17) is 11.6 Å². The summed E-state index contributed by atoms with van der Waals surface area (Å²) in [6.07, 6.45) is 5.49. The van der Waals surface area contributed by atoms with Gasteiger partial charge in [-0.3, -0.25) is 0 Å². The van der Waals surface area contributed by atoms with Crippen LogP contribution in [0.4, 0.5) is 0 Å². The van der Waals surface area contributed by atoms with Crippen molar-refractivity contribution in [3.63, 3.8) is 0 Å². The van der Waals surface area contributed by atoms with E-state index in [1.807, 2.05) is 48.5 Å². The van der Waals surface area contributed by atoms with Crippen LogP contribution in [0.1, 0.15) is 23.1 Å². The van der Waals surface area contributed by atoms with Crippen LogP contribution >= 0.6 is 11.6 Å². The van der Waals surface area contributed by atoms with Crippen molar-refractivity contribution in [2.75, 3.05) is 0 Å². The van der Waals surface area contributed by atoms with Crippen molar-refractivity contribution in [3.8, 4) is 11.8 Å². The van der Waals surface area contributed by atoms with Gasteiger partial charge in [-0.05, 0) is 0 Å². The molecule has 0 spiro atoms. The van der Waals surface area contributed by atoms with Gasteiger partial charge in [-0.25, -0.2) is 0 Å². The summed E-state index contributed by atoms with van der Waals surface area (Å²) in [7, 11) is 0. The molecule has 0 heterocycles. The predicted octanol–water partition coefficient (Wildman–Crippen LogP) is 7.70. The molecule has 0 aliphatic carbocycles. The molecule has 0 aliphatic heterocycles. The SMILES string of the molecule is Clc1ccc(/C=C(/C=C(/C#Cc2ccccc2)c2ccccc2)CC[Se]c2ccccc2)cc1. The van der Waals surface area contributed by atoms with Crippen molar-refractivity contribution in [1.82, 2.24) is 0 Å². The summed E-state index contributed by atoms with van der Waals surface area (Å²) < 4.78 is 1.43. The Labute approximate surface area is 214 Å². The van der Waals surface area contributed by atoms with E-state index < -0.39 is 0 Å². The maximum atomic E-state index is 6.12. The summed E-state index contributed by atoms with van der Waals surface area (Å²) in [6, 6.07) is 39.3. The third-order valence-corrected chi connectivity index (χ3v) is 7.53. The van der Waals surface area contributed by atoms with Gasteiger partial charge in [0.15, 0.2) is 0 Å². The summed E-state index contributed by atoms with van der Waals surface area (Å²) in [6.45, 7) is 0. The van der Waals surface area contributed by atoms with Gasteiger partial charge in [-0.2, -0.15) is 0 Å². The van der Waals surface area contributed by atoms with Crippen LogP contribution in [0, 0.1) is 11.8 Å². The standard InChI is InChI=1S/C32H25ClSe/c33-31-20-17-27(18-21-31)24-28(22-23-34-32-14-8-3-9-15-32)25-30(29-12-6-2-7-13-29)19-16-26-10-4-1-5-11-26/h1-15,17-18,20-21,24-25H,22-23H2/b28-24+,30-25-. The first-order valence-electron chi connectivity index (χ1n) is 11.2. The Balaban J connectivity index is 1.67. The fourth-order valence-electron chi connectivity index (χ4n) is 3.42. The van der Waals surface area contributed by atoms with Crippen LogP contribution in [0.3, 0.4) is 0 Å². The number of allylic oxidation sites excluding steroid dienone is 3. The molecule has 34 heavy (non-hydrogen) atoms. The fraction of sp³-hybridized carbons (Fsp3) is 0.0625. The first kappa shape index (κ1) is 23.9. The normalized spacial score (nSPS) is 11.6. The topological polar surface area (TPSA) is 0 Å². The van der Waals surface area contributed by atoms with Crippen molar-refractivity contribution in [2.45, 2.75) is 11.7 Å². The summed E-state index contributed by atoms with van der Waals surface area (Å²) in [5, 5.41) is 1.88. The Kier molecular flexibility index (Phi) is 9.01. The average Bonchev–Trinajstić information content (AvgIpc) is 2.89. The van der Waals surface area contributed by atoms with E-state index in [1.165, 1.54) is 10.0 Å². The van der Waals surface area contributed by atoms with Gasteiger partial charge in [0, 0.05) is 0 Å². The molecule has 0 aliphatic rings. The van der Waals surface area contributed by atoms with Crippen molar-refractivity contribution in [2.24, 2.45) is 0 Å². The van der Waals surface area contributed by atoms with E-state index >= 15 is 0 Å². The molecule has 0 radical (unpaired) electrons. The van der Waals surface area contributed by atoms with E-state index in [2.05, 4.69) is 90.7 Å². The van der Waals surface area contributed by atoms with Crippen molar-refractivity contribution in [1.29, 1.82) is 0 Å². The maximum absolute atomic E-state index is 6.12. The minimum absolute atomic E-state index is 0.427. The molecule has 166 valence electrons. The van der Waals surface area contributed by atoms with E-state index in [9.17, 15) is 0 Å². The Hall–Kier alpha value is -3.27. The number of hydrogen-bond acceptors (Lipinski definition) is 0.